The Bertz CT molecular complexity index is 592. The summed E-state index contributed by atoms with van der Waals surface area (Å²) in [6, 6.07) is 11.6. The van der Waals surface area contributed by atoms with Gasteiger partial charge in [0.25, 0.3) is 0 Å². The maximum atomic E-state index is 5.92. The Hall–Kier alpha value is -0.300. The number of hydrogen-bond acceptors (Lipinski definition) is 2. The molecule has 0 aromatic heterocycles. The summed E-state index contributed by atoms with van der Waals surface area (Å²) in [6.45, 7) is 0.993. The summed E-state index contributed by atoms with van der Waals surface area (Å²) in [5, 5.41) is 0.711. The van der Waals surface area contributed by atoms with Crippen LogP contribution in [0.2, 0.25) is 5.02 Å². The standard InChI is InChI=1S/C14H12BrClINO/c15-11-2-1-9(10(5-11)7-18)8-19-14-4-3-12(16)6-13(14)17/h1-6H,7-8,18H2. The average Bonchev–Trinajstić information content (AvgIpc) is 2.39. The van der Waals surface area contributed by atoms with E-state index in [0.717, 1.165) is 24.9 Å². The van der Waals surface area contributed by atoms with Crippen molar-refractivity contribution in [3.8, 4) is 5.75 Å². The predicted octanol–water partition coefficient (Wildman–Crippen LogP) is 4.74. The molecule has 0 atom stereocenters. The molecule has 0 spiro atoms. The molecule has 2 aromatic carbocycles. The second-order valence-corrected chi connectivity index (χ2v) is 6.49. The summed E-state index contributed by atoms with van der Waals surface area (Å²) >= 11 is 11.6. The van der Waals surface area contributed by atoms with Gasteiger partial charge in [0.05, 0.1) is 3.57 Å². The highest BCUT2D eigenvalue weighted by molar-refractivity contribution is 14.1. The number of rotatable bonds is 4. The van der Waals surface area contributed by atoms with Crippen LogP contribution in [0, 0.1) is 3.57 Å². The molecule has 2 rings (SSSR count). The van der Waals surface area contributed by atoms with Crippen molar-refractivity contribution in [2.75, 3.05) is 0 Å². The number of hydrogen-bond donors (Lipinski definition) is 1. The molecule has 0 aliphatic carbocycles. The summed E-state index contributed by atoms with van der Waals surface area (Å²) in [4.78, 5) is 0. The van der Waals surface area contributed by atoms with Gasteiger partial charge >= 0.3 is 0 Å². The van der Waals surface area contributed by atoms with Crippen LogP contribution < -0.4 is 10.5 Å². The fourth-order valence-corrected chi connectivity index (χ4v) is 3.11. The molecule has 0 radical (unpaired) electrons. The lowest BCUT2D eigenvalue weighted by atomic mass is 10.1. The van der Waals surface area contributed by atoms with Crippen LogP contribution in [0.4, 0.5) is 0 Å². The summed E-state index contributed by atoms with van der Waals surface area (Å²) in [7, 11) is 0. The lowest BCUT2D eigenvalue weighted by Gasteiger charge is -2.12. The van der Waals surface area contributed by atoms with Crippen LogP contribution in [0.15, 0.2) is 40.9 Å². The number of ether oxygens (including phenoxy) is 1. The van der Waals surface area contributed by atoms with E-state index in [4.69, 9.17) is 22.1 Å². The summed E-state index contributed by atoms with van der Waals surface area (Å²) in [5.74, 6) is 0.830. The minimum absolute atomic E-state index is 0.496. The van der Waals surface area contributed by atoms with Gasteiger partial charge in [0.2, 0.25) is 0 Å². The SMILES string of the molecule is NCc1cc(Br)ccc1COc1ccc(Cl)cc1I. The van der Waals surface area contributed by atoms with Crippen molar-refractivity contribution < 1.29 is 4.74 Å². The van der Waals surface area contributed by atoms with E-state index < -0.39 is 0 Å². The van der Waals surface area contributed by atoms with Crippen molar-refractivity contribution in [3.05, 3.63) is 60.6 Å². The zero-order chi connectivity index (χ0) is 13.8. The van der Waals surface area contributed by atoms with E-state index in [1.807, 2.05) is 36.4 Å². The first-order valence-electron chi connectivity index (χ1n) is 5.65. The molecule has 0 fully saturated rings. The molecule has 0 aliphatic rings. The van der Waals surface area contributed by atoms with Gasteiger partial charge in [0.15, 0.2) is 0 Å². The normalized spacial score (nSPS) is 10.5. The van der Waals surface area contributed by atoms with Gasteiger partial charge in [0, 0.05) is 16.0 Å². The molecule has 2 N–H and O–H groups in total. The third-order valence-corrected chi connectivity index (χ3v) is 4.24. The molecule has 0 unspecified atom stereocenters. The molecule has 0 aliphatic heterocycles. The molecular formula is C14H12BrClINO. The lowest BCUT2D eigenvalue weighted by Crippen LogP contribution is -2.05. The zero-order valence-corrected chi connectivity index (χ0v) is 14.5. The van der Waals surface area contributed by atoms with E-state index in [-0.39, 0.29) is 0 Å². The number of benzene rings is 2. The number of nitrogens with two attached hydrogens (primary N) is 1. The monoisotopic (exact) mass is 451 g/mol. The van der Waals surface area contributed by atoms with E-state index in [1.54, 1.807) is 0 Å². The van der Waals surface area contributed by atoms with E-state index in [0.29, 0.717) is 18.2 Å². The topological polar surface area (TPSA) is 35.2 Å². The minimum Gasteiger partial charge on any atom is -0.488 e. The minimum atomic E-state index is 0.496. The third kappa shape index (κ3) is 4.08. The summed E-state index contributed by atoms with van der Waals surface area (Å²) in [6.07, 6.45) is 0. The molecule has 0 saturated carbocycles. The number of halogens is 3. The van der Waals surface area contributed by atoms with Gasteiger partial charge in [-0.2, -0.15) is 0 Å². The van der Waals surface area contributed by atoms with E-state index in [1.165, 1.54) is 0 Å². The molecule has 0 saturated heterocycles. The Morgan fingerprint density at radius 3 is 2.63 bits per heavy atom. The van der Waals surface area contributed by atoms with Crippen molar-refractivity contribution in [2.45, 2.75) is 13.2 Å². The Morgan fingerprint density at radius 2 is 1.95 bits per heavy atom. The molecule has 100 valence electrons. The fraction of sp³-hybridized carbons (Fsp3) is 0.143. The molecule has 2 aromatic rings. The highest BCUT2D eigenvalue weighted by atomic mass is 127. The Balaban J connectivity index is 2.14. The first kappa shape index (κ1) is 15.1. The quantitative estimate of drug-likeness (QED) is 0.680. The molecule has 0 heterocycles. The van der Waals surface area contributed by atoms with Crippen molar-refractivity contribution in [1.29, 1.82) is 0 Å². The van der Waals surface area contributed by atoms with Gasteiger partial charge in [-0.3, -0.25) is 0 Å². The van der Waals surface area contributed by atoms with Crippen molar-refractivity contribution in [3.63, 3.8) is 0 Å². The fourth-order valence-electron chi connectivity index (χ4n) is 1.67. The molecule has 5 heteroatoms. The first-order valence-corrected chi connectivity index (χ1v) is 7.90. The van der Waals surface area contributed by atoms with Crippen LogP contribution in [0.1, 0.15) is 11.1 Å². The first-order chi connectivity index (χ1) is 9.10. The van der Waals surface area contributed by atoms with Crippen LogP contribution in [0.5, 0.6) is 5.75 Å². The summed E-state index contributed by atoms with van der Waals surface area (Å²) in [5.41, 5.74) is 7.92. The highest BCUT2D eigenvalue weighted by Crippen LogP contribution is 2.26. The third-order valence-electron chi connectivity index (χ3n) is 2.67. The summed E-state index contributed by atoms with van der Waals surface area (Å²) < 4.78 is 7.85. The maximum absolute atomic E-state index is 5.92. The largest absolute Gasteiger partial charge is 0.488 e. The van der Waals surface area contributed by atoms with Crippen LogP contribution in [0.3, 0.4) is 0 Å². The van der Waals surface area contributed by atoms with Gasteiger partial charge in [0.1, 0.15) is 12.4 Å². The Labute approximate surface area is 139 Å². The Morgan fingerprint density at radius 1 is 1.16 bits per heavy atom. The molecule has 2 nitrogen and oxygen atoms in total. The van der Waals surface area contributed by atoms with E-state index >= 15 is 0 Å². The zero-order valence-electron chi connectivity index (χ0n) is 10.00. The molecule has 0 bridgehead atoms. The van der Waals surface area contributed by atoms with Crippen molar-refractivity contribution in [2.24, 2.45) is 5.73 Å². The van der Waals surface area contributed by atoms with E-state index in [2.05, 4.69) is 38.5 Å². The average molecular weight is 453 g/mol. The maximum Gasteiger partial charge on any atom is 0.133 e. The highest BCUT2D eigenvalue weighted by Gasteiger charge is 2.06. The van der Waals surface area contributed by atoms with Gasteiger partial charge < -0.3 is 10.5 Å². The Kier molecular flexibility index (Phi) is 5.50. The van der Waals surface area contributed by atoms with Gasteiger partial charge in [-0.15, -0.1) is 0 Å². The van der Waals surface area contributed by atoms with Crippen LogP contribution >= 0.6 is 50.1 Å². The van der Waals surface area contributed by atoms with Gasteiger partial charge in [-0.1, -0.05) is 33.6 Å². The van der Waals surface area contributed by atoms with Crippen molar-refractivity contribution >= 4 is 50.1 Å². The smallest absolute Gasteiger partial charge is 0.133 e. The predicted molar refractivity (Wildman–Crippen MR) is 90.5 cm³/mol. The van der Waals surface area contributed by atoms with Gasteiger partial charge in [-0.25, -0.2) is 0 Å². The lowest BCUT2D eigenvalue weighted by molar-refractivity contribution is 0.303. The molecule has 19 heavy (non-hydrogen) atoms. The van der Waals surface area contributed by atoms with Gasteiger partial charge in [-0.05, 0) is 64.0 Å². The van der Waals surface area contributed by atoms with Crippen LogP contribution in [0.25, 0.3) is 0 Å². The van der Waals surface area contributed by atoms with Crippen LogP contribution in [-0.2, 0) is 13.2 Å². The molecule has 0 amide bonds. The second-order valence-electron chi connectivity index (χ2n) is 3.98. The molecular weight excluding hydrogens is 440 g/mol. The van der Waals surface area contributed by atoms with Crippen molar-refractivity contribution in [1.82, 2.24) is 0 Å². The van der Waals surface area contributed by atoms with E-state index in [9.17, 15) is 0 Å². The second kappa shape index (κ2) is 6.92. The van der Waals surface area contributed by atoms with Crippen LogP contribution in [-0.4, -0.2) is 0 Å².